The molecule has 0 aliphatic carbocycles. The first-order valence-corrected chi connectivity index (χ1v) is 9.23. The average molecular weight is 406 g/mol. The largest absolute Gasteiger partial charge is 0.459 e. The summed E-state index contributed by atoms with van der Waals surface area (Å²) in [4.78, 5) is 24.4. The number of nitrogens with two attached hydrogens (primary N) is 1. The molecule has 1 aromatic carbocycles. The zero-order valence-corrected chi connectivity index (χ0v) is 15.6. The number of benzene rings is 1. The second-order valence-electron chi connectivity index (χ2n) is 5.64. The fraction of sp³-hybridized carbons (Fsp3) is 0.167. The Bertz CT molecular complexity index is 909. The highest BCUT2D eigenvalue weighted by Gasteiger charge is 2.19. The number of nitrogens with zero attached hydrogens (tertiary/aromatic N) is 1. The molecule has 2 amide bonds. The highest BCUT2D eigenvalue weighted by Crippen LogP contribution is 2.25. The SMILES string of the molecule is NC(=O)N[C@@H](CC(=O)OCc1cc(-c2cccs2)on1)c1ccc(Cl)cc1. The second-order valence-corrected chi connectivity index (χ2v) is 7.02. The minimum absolute atomic E-state index is 0.0301. The van der Waals surface area contributed by atoms with E-state index < -0.39 is 18.0 Å². The van der Waals surface area contributed by atoms with Crippen LogP contribution in [-0.2, 0) is 16.1 Å². The highest BCUT2D eigenvalue weighted by molar-refractivity contribution is 7.13. The fourth-order valence-electron chi connectivity index (χ4n) is 2.41. The first kappa shape index (κ1) is 18.9. The summed E-state index contributed by atoms with van der Waals surface area (Å²) >= 11 is 7.39. The van der Waals surface area contributed by atoms with Crippen LogP contribution in [-0.4, -0.2) is 17.2 Å². The van der Waals surface area contributed by atoms with Crippen LogP contribution in [0.3, 0.4) is 0 Å². The van der Waals surface area contributed by atoms with Gasteiger partial charge in [0.15, 0.2) is 5.76 Å². The van der Waals surface area contributed by atoms with Crippen molar-refractivity contribution in [2.75, 3.05) is 0 Å². The summed E-state index contributed by atoms with van der Waals surface area (Å²) in [6.07, 6.45) is -0.0831. The summed E-state index contributed by atoms with van der Waals surface area (Å²) in [5.41, 5.74) is 6.39. The van der Waals surface area contributed by atoms with Crippen LogP contribution in [0.5, 0.6) is 0 Å². The molecule has 7 nitrogen and oxygen atoms in total. The molecule has 0 radical (unpaired) electrons. The number of nitrogens with one attached hydrogen (secondary N) is 1. The molecule has 0 aliphatic rings. The molecule has 0 aliphatic heterocycles. The molecular weight excluding hydrogens is 390 g/mol. The number of ether oxygens (including phenoxy) is 1. The number of rotatable bonds is 7. The number of carbonyl (C=O) groups excluding carboxylic acids is 2. The normalized spacial score (nSPS) is 11.7. The lowest BCUT2D eigenvalue weighted by atomic mass is 10.0. The van der Waals surface area contributed by atoms with Crippen LogP contribution < -0.4 is 11.1 Å². The minimum atomic E-state index is -0.736. The summed E-state index contributed by atoms with van der Waals surface area (Å²) in [5, 5.41) is 8.90. The van der Waals surface area contributed by atoms with Gasteiger partial charge in [0.25, 0.3) is 0 Å². The number of aromatic nitrogens is 1. The molecule has 2 aromatic heterocycles. The quantitative estimate of drug-likeness (QED) is 0.579. The van der Waals surface area contributed by atoms with Gasteiger partial charge in [-0.15, -0.1) is 11.3 Å². The summed E-state index contributed by atoms with van der Waals surface area (Å²) in [6, 6.07) is 10.9. The van der Waals surface area contributed by atoms with Gasteiger partial charge in [0, 0.05) is 11.1 Å². The number of esters is 1. The molecule has 3 rings (SSSR count). The van der Waals surface area contributed by atoms with Crippen LogP contribution in [0.25, 0.3) is 10.6 Å². The van der Waals surface area contributed by atoms with Crippen molar-refractivity contribution < 1.29 is 18.8 Å². The third-order valence-corrected chi connectivity index (χ3v) is 4.80. The molecule has 140 valence electrons. The summed E-state index contributed by atoms with van der Waals surface area (Å²) in [7, 11) is 0. The maximum absolute atomic E-state index is 12.2. The van der Waals surface area contributed by atoms with Crippen molar-refractivity contribution in [2.24, 2.45) is 5.73 Å². The number of amides is 2. The number of halogens is 1. The Morgan fingerprint density at radius 2 is 2.07 bits per heavy atom. The molecule has 9 heteroatoms. The van der Waals surface area contributed by atoms with Crippen molar-refractivity contribution in [3.63, 3.8) is 0 Å². The van der Waals surface area contributed by atoms with E-state index in [1.807, 2.05) is 17.5 Å². The lowest BCUT2D eigenvalue weighted by Gasteiger charge is -2.17. The highest BCUT2D eigenvalue weighted by atomic mass is 35.5. The molecule has 0 spiro atoms. The lowest BCUT2D eigenvalue weighted by Crippen LogP contribution is -2.34. The molecule has 0 saturated heterocycles. The zero-order valence-electron chi connectivity index (χ0n) is 14.1. The molecular formula is C18H16ClN3O4S. The monoisotopic (exact) mass is 405 g/mol. The molecule has 0 saturated carbocycles. The van der Waals surface area contributed by atoms with Crippen LogP contribution in [0.15, 0.2) is 52.4 Å². The zero-order chi connectivity index (χ0) is 19.2. The number of primary amides is 1. The van der Waals surface area contributed by atoms with E-state index in [-0.39, 0.29) is 13.0 Å². The number of hydrogen-bond donors (Lipinski definition) is 2. The molecule has 3 N–H and O–H groups in total. The van der Waals surface area contributed by atoms with Gasteiger partial charge in [-0.05, 0) is 29.1 Å². The van der Waals surface area contributed by atoms with E-state index in [0.717, 1.165) is 4.88 Å². The summed E-state index contributed by atoms with van der Waals surface area (Å²) in [6.45, 7) is -0.0301. The van der Waals surface area contributed by atoms with Crippen molar-refractivity contribution in [3.8, 4) is 10.6 Å². The Morgan fingerprint density at radius 1 is 1.30 bits per heavy atom. The van der Waals surface area contributed by atoms with Gasteiger partial charge in [-0.3, -0.25) is 4.79 Å². The Labute approximate surface area is 164 Å². The molecule has 0 bridgehead atoms. The predicted octanol–water partition coefficient (Wildman–Crippen LogP) is 3.90. The van der Waals surface area contributed by atoms with Gasteiger partial charge in [0.2, 0.25) is 0 Å². The van der Waals surface area contributed by atoms with E-state index in [1.165, 1.54) is 11.3 Å². The van der Waals surface area contributed by atoms with Crippen LogP contribution in [0.4, 0.5) is 4.79 Å². The Morgan fingerprint density at radius 3 is 2.74 bits per heavy atom. The third-order valence-electron chi connectivity index (χ3n) is 3.66. The van der Waals surface area contributed by atoms with Gasteiger partial charge in [0.05, 0.1) is 17.3 Å². The molecule has 27 heavy (non-hydrogen) atoms. The van der Waals surface area contributed by atoms with E-state index in [2.05, 4.69) is 10.5 Å². The van der Waals surface area contributed by atoms with Gasteiger partial charge in [-0.2, -0.15) is 0 Å². The Hall–Kier alpha value is -2.84. The number of carbonyl (C=O) groups is 2. The van der Waals surface area contributed by atoms with E-state index in [1.54, 1.807) is 30.3 Å². The third kappa shape index (κ3) is 5.32. The maximum atomic E-state index is 12.2. The van der Waals surface area contributed by atoms with Crippen molar-refractivity contribution in [1.29, 1.82) is 0 Å². The fourth-order valence-corrected chi connectivity index (χ4v) is 3.21. The Balaban J connectivity index is 1.59. The summed E-state index contributed by atoms with van der Waals surface area (Å²) < 4.78 is 10.5. The van der Waals surface area contributed by atoms with Gasteiger partial charge in [-0.25, -0.2) is 4.79 Å². The summed E-state index contributed by atoms with van der Waals surface area (Å²) in [5.74, 6) is 0.106. The minimum Gasteiger partial charge on any atom is -0.459 e. The molecule has 1 atom stereocenters. The number of thiophene rings is 1. The van der Waals surface area contributed by atoms with Crippen molar-refractivity contribution in [1.82, 2.24) is 10.5 Å². The van der Waals surface area contributed by atoms with Crippen LogP contribution in [0.2, 0.25) is 5.02 Å². The molecule has 0 fully saturated rings. The molecule has 2 heterocycles. The van der Waals surface area contributed by atoms with E-state index in [0.29, 0.717) is 22.0 Å². The van der Waals surface area contributed by atoms with E-state index in [4.69, 9.17) is 26.6 Å². The van der Waals surface area contributed by atoms with Crippen LogP contribution in [0, 0.1) is 0 Å². The smallest absolute Gasteiger partial charge is 0.312 e. The average Bonchev–Trinajstić information content (AvgIpc) is 3.31. The maximum Gasteiger partial charge on any atom is 0.312 e. The van der Waals surface area contributed by atoms with Crippen LogP contribution >= 0.6 is 22.9 Å². The topological polar surface area (TPSA) is 107 Å². The lowest BCUT2D eigenvalue weighted by molar-refractivity contribution is -0.145. The van der Waals surface area contributed by atoms with E-state index >= 15 is 0 Å². The molecule has 3 aromatic rings. The number of hydrogen-bond acceptors (Lipinski definition) is 6. The Kier molecular flexibility index (Phi) is 6.10. The second kappa shape index (κ2) is 8.70. The van der Waals surface area contributed by atoms with Gasteiger partial charge in [0.1, 0.15) is 12.3 Å². The van der Waals surface area contributed by atoms with Crippen molar-refractivity contribution in [3.05, 3.63) is 64.1 Å². The van der Waals surface area contributed by atoms with Gasteiger partial charge >= 0.3 is 12.0 Å². The standard InChI is InChI=1S/C18H16ClN3O4S/c19-12-5-3-11(4-6-12)14(21-18(20)24)9-17(23)25-10-13-8-15(26-22-13)16-2-1-7-27-16/h1-8,14H,9-10H2,(H3,20,21,24)/t14-/m0/s1. The predicted molar refractivity (Wildman–Crippen MR) is 101 cm³/mol. The molecule has 0 unspecified atom stereocenters. The first-order chi connectivity index (χ1) is 13.0. The number of urea groups is 1. The van der Waals surface area contributed by atoms with Crippen molar-refractivity contribution in [2.45, 2.75) is 19.1 Å². The van der Waals surface area contributed by atoms with E-state index in [9.17, 15) is 9.59 Å². The van der Waals surface area contributed by atoms with Crippen LogP contribution in [0.1, 0.15) is 23.7 Å². The first-order valence-electron chi connectivity index (χ1n) is 7.98. The van der Waals surface area contributed by atoms with Crippen molar-refractivity contribution >= 4 is 34.9 Å². The van der Waals surface area contributed by atoms with Gasteiger partial charge < -0.3 is 20.3 Å². The van der Waals surface area contributed by atoms with Gasteiger partial charge in [-0.1, -0.05) is 35.0 Å².